The first kappa shape index (κ1) is 18.3. The summed E-state index contributed by atoms with van der Waals surface area (Å²) in [6.45, 7) is 3.21. The smallest absolute Gasteiger partial charge is 0.317 e. The molecule has 2 aromatic rings. The molecular weight excluding hydrogens is 360 g/mol. The highest BCUT2D eigenvalue weighted by Gasteiger charge is 2.41. The average molecular weight is 387 g/mol. The predicted octanol–water partition coefficient (Wildman–Crippen LogP) is 2.57. The van der Waals surface area contributed by atoms with E-state index in [4.69, 9.17) is 0 Å². The van der Waals surface area contributed by atoms with Gasteiger partial charge in [0.25, 0.3) is 0 Å². The van der Waals surface area contributed by atoms with Crippen molar-refractivity contribution in [3.63, 3.8) is 0 Å². The molecule has 0 bridgehead atoms. The number of fused-ring (bicyclic) bond motifs is 1. The van der Waals surface area contributed by atoms with E-state index in [2.05, 4.69) is 10.2 Å². The van der Waals surface area contributed by atoms with Crippen molar-refractivity contribution in [3.8, 4) is 0 Å². The van der Waals surface area contributed by atoms with Crippen LogP contribution in [0.3, 0.4) is 0 Å². The summed E-state index contributed by atoms with van der Waals surface area (Å²) in [6.07, 6.45) is 2.21. The number of nitrogens with zero attached hydrogens (tertiary/aromatic N) is 3. The van der Waals surface area contributed by atoms with Crippen molar-refractivity contribution in [3.05, 3.63) is 54.6 Å². The van der Waals surface area contributed by atoms with Crippen LogP contribution >= 0.6 is 0 Å². The molecule has 2 aliphatic heterocycles. The summed E-state index contributed by atoms with van der Waals surface area (Å²) in [6, 6.07) is 17.4. The fourth-order valence-corrected chi connectivity index (χ4v) is 5.65. The molecule has 7 heteroatoms. The Labute approximate surface area is 161 Å². The van der Waals surface area contributed by atoms with Gasteiger partial charge >= 0.3 is 10.2 Å². The largest absolute Gasteiger partial charge is 0.331 e. The van der Waals surface area contributed by atoms with Crippen LogP contribution in [0, 0.1) is 0 Å². The molecular formula is C20H26N4O2S. The van der Waals surface area contributed by atoms with Crippen molar-refractivity contribution in [2.24, 2.45) is 0 Å². The Balaban J connectivity index is 1.56. The molecule has 2 aliphatic rings. The first-order valence-corrected chi connectivity index (χ1v) is 10.9. The minimum atomic E-state index is -3.63. The van der Waals surface area contributed by atoms with E-state index >= 15 is 0 Å². The average Bonchev–Trinajstić information content (AvgIpc) is 2.93. The number of benzene rings is 2. The summed E-state index contributed by atoms with van der Waals surface area (Å²) in [7, 11) is -1.62. The second kappa shape index (κ2) is 7.50. The molecule has 1 N–H and O–H groups in total. The zero-order valence-electron chi connectivity index (χ0n) is 15.6. The highest BCUT2D eigenvalue weighted by atomic mass is 32.2. The molecule has 2 heterocycles. The zero-order valence-corrected chi connectivity index (χ0v) is 16.4. The van der Waals surface area contributed by atoms with Crippen molar-refractivity contribution in [1.29, 1.82) is 0 Å². The Kier molecular flexibility index (Phi) is 5.08. The number of piperidine rings is 1. The van der Waals surface area contributed by atoms with Crippen molar-refractivity contribution in [1.82, 2.24) is 10.2 Å². The number of hydrogen-bond donors (Lipinski definition) is 1. The maximum absolute atomic E-state index is 13.3. The SMILES string of the molecule is CNC1CCN(CCN2c3ccccc3N(c3ccccc3)S2(=O)=O)CC1. The van der Waals surface area contributed by atoms with Gasteiger partial charge in [-0.25, -0.2) is 8.61 Å². The van der Waals surface area contributed by atoms with E-state index in [-0.39, 0.29) is 0 Å². The predicted molar refractivity (Wildman–Crippen MR) is 110 cm³/mol. The highest BCUT2D eigenvalue weighted by Crippen LogP contribution is 2.44. The Morgan fingerprint density at radius 2 is 1.56 bits per heavy atom. The lowest BCUT2D eigenvalue weighted by Crippen LogP contribution is -2.45. The molecule has 1 saturated heterocycles. The van der Waals surface area contributed by atoms with Crippen molar-refractivity contribution >= 4 is 27.3 Å². The van der Waals surface area contributed by atoms with Gasteiger partial charge in [0.05, 0.1) is 17.1 Å². The first-order chi connectivity index (χ1) is 13.1. The van der Waals surface area contributed by atoms with Gasteiger partial charge in [0, 0.05) is 19.1 Å². The lowest BCUT2D eigenvalue weighted by Gasteiger charge is -2.33. The minimum Gasteiger partial charge on any atom is -0.317 e. The molecule has 0 saturated carbocycles. The van der Waals surface area contributed by atoms with Gasteiger partial charge in [0.15, 0.2) is 0 Å². The second-order valence-corrected chi connectivity index (χ2v) is 8.77. The second-order valence-electron chi connectivity index (χ2n) is 7.07. The van der Waals surface area contributed by atoms with Crippen LogP contribution in [0.4, 0.5) is 17.1 Å². The number of likely N-dealkylation sites (tertiary alicyclic amines) is 1. The highest BCUT2D eigenvalue weighted by molar-refractivity contribution is 7.95. The molecule has 0 aromatic heterocycles. The summed E-state index contributed by atoms with van der Waals surface area (Å²) >= 11 is 0. The maximum atomic E-state index is 13.3. The van der Waals surface area contributed by atoms with Crippen LogP contribution in [0.25, 0.3) is 0 Å². The standard InChI is InChI=1S/C20H26N4O2S/c1-21-17-11-13-22(14-12-17)15-16-23-19-9-5-6-10-20(19)24(27(23,25)26)18-7-3-2-4-8-18/h2-10,17,21H,11-16H2,1H3. The lowest BCUT2D eigenvalue weighted by molar-refractivity contribution is 0.207. The molecule has 6 nitrogen and oxygen atoms in total. The maximum Gasteiger partial charge on any atom is 0.331 e. The Morgan fingerprint density at radius 1 is 0.926 bits per heavy atom. The number of nitrogens with one attached hydrogen (secondary N) is 1. The van der Waals surface area contributed by atoms with E-state index < -0.39 is 10.2 Å². The van der Waals surface area contributed by atoms with Crippen LogP contribution in [0.1, 0.15) is 12.8 Å². The molecule has 1 fully saturated rings. The number of rotatable bonds is 5. The van der Waals surface area contributed by atoms with Crippen molar-refractivity contribution in [2.45, 2.75) is 18.9 Å². The Bertz CT molecular complexity index is 880. The fraction of sp³-hybridized carbons (Fsp3) is 0.400. The van der Waals surface area contributed by atoms with Gasteiger partial charge < -0.3 is 10.2 Å². The fourth-order valence-electron chi connectivity index (χ4n) is 3.94. The summed E-state index contributed by atoms with van der Waals surface area (Å²) in [5, 5.41) is 3.33. The Morgan fingerprint density at radius 3 is 2.22 bits per heavy atom. The van der Waals surface area contributed by atoms with Gasteiger partial charge in [0.2, 0.25) is 0 Å². The van der Waals surface area contributed by atoms with Crippen LogP contribution in [0.15, 0.2) is 54.6 Å². The molecule has 4 rings (SSSR count). The van der Waals surface area contributed by atoms with Gasteiger partial charge in [-0.15, -0.1) is 0 Å². The van der Waals surface area contributed by atoms with Crippen LogP contribution < -0.4 is 13.9 Å². The van der Waals surface area contributed by atoms with E-state index in [9.17, 15) is 8.42 Å². The van der Waals surface area contributed by atoms with E-state index in [0.29, 0.717) is 18.3 Å². The van der Waals surface area contributed by atoms with Crippen molar-refractivity contribution < 1.29 is 8.42 Å². The quantitative estimate of drug-likeness (QED) is 0.858. The Hall–Kier alpha value is -2.09. The molecule has 0 amide bonds. The summed E-state index contributed by atoms with van der Waals surface area (Å²) < 4.78 is 29.7. The van der Waals surface area contributed by atoms with Crippen LogP contribution in [0.5, 0.6) is 0 Å². The van der Waals surface area contributed by atoms with E-state index in [0.717, 1.165) is 43.9 Å². The topological polar surface area (TPSA) is 55.9 Å². The number of anilines is 3. The molecule has 0 radical (unpaired) electrons. The normalized spacial score (nSPS) is 20.0. The third-order valence-corrected chi connectivity index (χ3v) is 7.29. The van der Waals surface area contributed by atoms with Crippen LogP contribution in [-0.4, -0.2) is 52.6 Å². The van der Waals surface area contributed by atoms with Crippen molar-refractivity contribution in [2.75, 3.05) is 41.8 Å². The third kappa shape index (κ3) is 3.42. The first-order valence-electron chi connectivity index (χ1n) is 9.48. The van der Waals surface area contributed by atoms with Gasteiger partial charge in [-0.3, -0.25) is 0 Å². The molecule has 0 atom stereocenters. The third-order valence-electron chi connectivity index (χ3n) is 5.48. The number of hydrogen-bond acceptors (Lipinski definition) is 4. The van der Waals surface area contributed by atoms with Gasteiger partial charge in [-0.1, -0.05) is 30.3 Å². The van der Waals surface area contributed by atoms with Gasteiger partial charge in [-0.05, 0) is 57.2 Å². The van der Waals surface area contributed by atoms with Gasteiger partial charge in [-0.2, -0.15) is 8.42 Å². The zero-order chi connectivity index (χ0) is 18.9. The molecule has 27 heavy (non-hydrogen) atoms. The minimum absolute atomic E-state index is 0.465. The van der Waals surface area contributed by atoms with E-state index in [1.165, 1.54) is 4.31 Å². The van der Waals surface area contributed by atoms with Gasteiger partial charge in [0.1, 0.15) is 0 Å². The molecule has 0 aliphatic carbocycles. The van der Waals surface area contributed by atoms with Crippen LogP contribution in [0.2, 0.25) is 0 Å². The molecule has 2 aromatic carbocycles. The lowest BCUT2D eigenvalue weighted by atomic mass is 10.1. The summed E-state index contributed by atoms with van der Waals surface area (Å²) in [4.78, 5) is 2.36. The monoisotopic (exact) mass is 386 g/mol. The van der Waals surface area contributed by atoms with E-state index in [1.807, 2.05) is 61.6 Å². The molecule has 144 valence electrons. The van der Waals surface area contributed by atoms with Crippen LogP contribution in [-0.2, 0) is 10.2 Å². The summed E-state index contributed by atoms with van der Waals surface area (Å²) in [5.41, 5.74) is 2.14. The number of para-hydroxylation sites is 3. The molecule has 0 spiro atoms. The summed E-state index contributed by atoms with van der Waals surface area (Å²) in [5.74, 6) is 0. The van der Waals surface area contributed by atoms with E-state index in [1.54, 1.807) is 4.31 Å². The molecule has 0 unspecified atom stereocenters.